The molecule has 0 aromatic rings. The maximum absolute atomic E-state index is 3.75. The lowest BCUT2D eigenvalue weighted by molar-refractivity contribution is 0.476. The predicted octanol–water partition coefficient (Wildman–Crippen LogP) is 2.20. The molecule has 0 aromatic carbocycles. The van der Waals surface area contributed by atoms with Gasteiger partial charge in [0.1, 0.15) is 0 Å². The van der Waals surface area contributed by atoms with Gasteiger partial charge in [-0.2, -0.15) is 0 Å². The minimum absolute atomic E-state index is 0.623. The van der Waals surface area contributed by atoms with Crippen molar-refractivity contribution in [3.63, 3.8) is 0 Å². The van der Waals surface area contributed by atoms with Gasteiger partial charge in [-0.3, -0.25) is 0 Å². The Balaban J connectivity index is 3.36. The zero-order valence-electron chi connectivity index (χ0n) is 7.35. The largest absolute Gasteiger partial charge is 0.315 e. The minimum atomic E-state index is 0.623. The standard InChI is InChI=1S/C9H19N/c1-5-8(3)7-9(4)10-6-2/h5,8-10H,1,6-7H2,2-4H3/t8?,9-/m1/s1. The molecule has 0 heterocycles. The van der Waals surface area contributed by atoms with Crippen LogP contribution in [-0.4, -0.2) is 12.6 Å². The van der Waals surface area contributed by atoms with Crippen molar-refractivity contribution in [3.8, 4) is 0 Å². The molecule has 0 aliphatic heterocycles. The SMILES string of the molecule is C=CC(C)C[C@@H](C)NCC. The lowest BCUT2D eigenvalue weighted by Gasteiger charge is -2.14. The molecule has 0 saturated heterocycles. The van der Waals surface area contributed by atoms with Gasteiger partial charge in [0.05, 0.1) is 0 Å². The van der Waals surface area contributed by atoms with Crippen molar-refractivity contribution >= 4 is 0 Å². The molecule has 1 unspecified atom stereocenters. The third kappa shape index (κ3) is 4.57. The monoisotopic (exact) mass is 141 g/mol. The van der Waals surface area contributed by atoms with E-state index < -0.39 is 0 Å². The molecule has 0 bridgehead atoms. The van der Waals surface area contributed by atoms with Gasteiger partial charge in [0.15, 0.2) is 0 Å². The number of allylic oxidation sites excluding steroid dienone is 1. The van der Waals surface area contributed by atoms with E-state index in [-0.39, 0.29) is 0 Å². The van der Waals surface area contributed by atoms with Crippen molar-refractivity contribution in [3.05, 3.63) is 12.7 Å². The molecule has 0 aromatic heterocycles. The molecule has 0 fully saturated rings. The Hall–Kier alpha value is -0.300. The van der Waals surface area contributed by atoms with Gasteiger partial charge in [0.2, 0.25) is 0 Å². The first-order valence-corrected chi connectivity index (χ1v) is 4.06. The van der Waals surface area contributed by atoms with Crippen LogP contribution in [0, 0.1) is 5.92 Å². The van der Waals surface area contributed by atoms with E-state index in [4.69, 9.17) is 0 Å². The van der Waals surface area contributed by atoms with Gasteiger partial charge in [0.25, 0.3) is 0 Å². The average Bonchev–Trinajstić information content (AvgIpc) is 1.88. The van der Waals surface area contributed by atoms with Gasteiger partial charge in [-0.05, 0) is 25.8 Å². The summed E-state index contributed by atoms with van der Waals surface area (Å²) in [6.07, 6.45) is 3.20. The van der Waals surface area contributed by atoms with Gasteiger partial charge < -0.3 is 5.32 Å². The third-order valence-electron chi connectivity index (χ3n) is 1.68. The second-order valence-corrected chi connectivity index (χ2v) is 2.91. The van der Waals surface area contributed by atoms with Crippen molar-refractivity contribution in [1.82, 2.24) is 5.32 Å². The van der Waals surface area contributed by atoms with E-state index in [1.165, 1.54) is 6.42 Å². The van der Waals surface area contributed by atoms with Crippen LogP contribution < -0.4 is 5.32 Å². The van der Waals surface area contributed by atoms with Gasteiger partial charge in [-0.25, -0.2) is 0 Å². The topological polar surface area (TPSA) is 12.0 Å². The molecule has 1 heteroatoms. The smallest absolute Gasteiger partial charge is 0.00441 e. The minimum Gasteiger partial charge on any atom is -0.315 e. The van der Waals surface area contributed by atoms with Crippen LogP contribution in [0.4, 0.5) is 0 Å². The van der Waals surface area contributed by atoms with Gasteiger partial charge in [-0.15, -0.1) is 6.58 Å². The lowest BCUT2D eigenvalue weighted by atomic mass is 10.0. The molecule has 0 rings (SSSR count). The van der Waals surface area contributed by atoms with Crippen molar-refractivity contribution in [2.75, 3.05) is 6.54 Å². The zero-order valence-corrected chi connectivity index (χ0v) is 7.35. The molecule has 1 nitrogen and oxygen atoms in total. The summed E-state index contributed by atoms with van der Waals surface area (Å²) in [6.45, 7) is 11.3. The molecular weight excluding hydrogens is 122 g/mol. The van der Waals surface area contributed by atoms with E-state index in [1.807, 2.05) is 6.08 Å². The maximum atomic E-state index is 3.75. The number of hydrogen-bond acceptors (Lipinski definition) is 1. The number of hydrogen-bond donors (Lipinski definition) is 1. The second-order valence-electron chi connectivity index (χ2n) is 2.91. The quantitative estimate of drug-likeness (QED) is 0.579. The van der Waals surface area contributed by atoms with Crippen LogP contribution in [0.3, 0.4) is 0 Å². The van der Waals surface area contributed by atoms with Crippen LogP contribution in [0.2, 0.25) is 0 Å². The fourth-order valence-corrected chi connectivity index (χ4v) is 1.09. The van der Waals surface area contributed by atoms with Crippen molar-refractivity contribution in [2.24, 2.45) is 5.92 Å². The molecule has 2 atom stereocenters. The molecule has 0 spiro atoms. The van der Waals surface area contributed by atoms with E-state index in [1.54, 1.807) is 0 Å². The summed E-state index contributed by atoms with van der Waals surface area (Å²) in [5, 5.41) is 3.36. The van der Waals surface area contributed by atoms with Crippen LogP contribution in [0.5, 0.6) is 0 Å². The van der Waals surface area contributed by atoms with Crippen LogP contribution in [0.1, 0.15) is 27.2 Å². The summed E-state index contributed by atoms with van der Waals surface area (Å²) >= 11 is 0. The van der Waals surface area contributed by atoms with E-state index in [0.29, 0.717) is 12.0 Å². The van der Waals surface area contributed by atoms with Crippen LogP contribution in [0.25, 0.3) is 0 Å². The molecule has 0 saturated carbocycles. The highest BCUT2D eigenvalue weighted by molar-refractivity contribution is 4.78. The Morgan fingerprint density at radius 1 is 1.50 bits per heavy atom. The third-order valence-corrected chi connectivity index (χ3v) is 1.68. The normalized spacial score (nSPS) is 16.3. The summed E-state index contributed by atoms with van der Waals surface area (Å²) in [4.78, 5) is 0. The molecule has 0 radical (unpaired) electrons. The van der Waals surface area contributed by atoms with Crippen molar-refractivity contribution in [1.29, 1.82) is 0 Å². The van der Waals surface area contributed by atoms with Gasteiger partial charge in [-0.1, -0.05) is 19.9 Å². The summed E-state index contributed by atoms with van der Waals surface area (Å²) in [5.41, 5.74) is 0. The summed E-state index contributed by atoms with van der Waals surface area (Å²) in [5.74, 6) is 0.633. The zero-order chi connectivity index (χ0) is 7.98. The Labute approximate surface area is 64.5 Å². The Bertz CT molecular complexity index is 88.7. The molecule has 1 N–H and O–H groups in total. The summed E-state index contributed by atoms with van der Waals surface area (Å²) in [7, 11) is 0. The Kier molecular flexibility index (Phi) is 5.32. The molecule has 0 amide bonds. The first kappa shape index (κ1) is 9.70. The predicted molar refractivity (Wildman–Crippen MR) is 47.1 cm³/mol. The molecule has 60 valence electrons. The Morgan fingerprint density at radius 3 is 2.50 bits per heavy atom. The lowest BCUT2D eigenvalue weighted by Crippen LogP contribution is -2.26. The van der Waals surface area contributed by atoms with Crippen LogP contribution in [0.15, 0.2) is 12.7 Å². The highest BCUT2D eigenvalue weighted by Gasteiger charge is 2.02. The van der Waals surface area contributed by atoms with E-state index in [0.717, 1.165) is 6.54 Å². The highest BCUT2D eigenvalue weighted by Crippen LogP contribution is 2.05. The molecular formula is C9H19N. The number of nitrogens with one attached hydrogen (secondary N) is 1. The molecule has 0 aliphatic carbocycles. The second kappa shape index (κ2) is 5.48. The number of rotatable bonds is 5. The molecule has 0 aliphatic rings. The first-order valence-electron chi connectivity index (χ1n) is 4.06. The maximum Gasteiger partial charge on any atom is 0.00441 e. The van der Waals surface area contributed by atoms with Crippen LogP contribution >= 0.6 is 0 Å². The first-order chi connectivity index (χ1) is 4.70. The highest BCUT2D eigenvalue weighted by atomic mass is 14.9. The van der Waals surface area contributed by atoms with E-state index >= 15 is 0 Å². The van der Waals surface area contributed by atoms with Gasteiger partial charge in [0, 0.05) is 6.04 Å². The molecule has 10 heavy (non-hydrogen) atoms. The summed E-state index contributed by atoms with van der Waals surface area (Å²) < 4.78 is 0. The average molecular weight is 141 g/mol. The fourth-order valence-electron chi connectivity index (χ4n) is 1.09. The van der Waals surface area contributed by atoms with Gasteiger partial charge >= 0.3 is 0 Å². The fraction of sp³-hybridized carbons (Fsp3) is 0.778. The van der Waals surface area contributed by atoms with Crippen LogP contribution in [-0.2, 0) is 0 Å². The Morgan fingerprint density at radius 2 is 2.10 bits per heavy atom. The summed E-state index contributed by atoms with van der Waals surface area (Å²) in [6, 6.07) is 0.623. The van der Waals surface area contributed by atoms with Crippen molar-refractivity contribution < 1.29 is 0 Å². The van der Waals surface area contributed by atoms with Crippen molar-refractivity contribution in [2.45, 2.75) is 33.2 Å². The van der Waals surface area contributed by atoms with E-state index in [9.17, 15) is 0 Å². The van der Waals surface area contributed by atoms with E-state index in [2.05, 4.69) is 32.7 Å².